The third kappa shape index (κ3) is 5.92. The van der Waals surface area contributed by atoms with Gasteiger partial charge in [0.1, 0.15) is 0 Å². The third-order valence-electron chi connectivity index (χ3n) is 4.06. The van der Waals surface area contributed by atoms with Gasteiger partial charge in [0.05, 0.1) is 15.9 Å². The van der Waals surface area contributed by atoms with Gasteiger partial charge in [0.2, 0.25) is 5.91 Å². The minimum Gasteiger partial charge on any atom is -0.308 e. The van der Waals surface area contributed by atoms with Crippen molar-refractivity contribution in [2.24, 2.45) is 0 Å². The number of nitrogens with zero attached hydrogens (tertiary/aromatic N) is 2. The van der Waals surface area contributed by atoms with Crippen LogP contribution in [-0.4, -0.2) is 21.9 Å². The smallest absolute Gasteiger partial charge is 0.308 e. The van der Waals surface area contributed by atoms with Crippen molar-refractivity contribution in [1.29, 1.82) is 0 Å². The number of carbonyl (C=O) groups excluding carboxylic acids is 2. The Kier molecular flexibility index (Phi) is 6.67. The summed E-state index contributed by atoms with van der Waals surface area (Å²) in [5.41, 5.74) is 2.08. The van der Waals surface area contributed by atoms with E-state index < -0.39 is 6.03 Å². The first-order chi connectivity index (χ1) is 14.9. The summed E-state index contributed by atoms with van der Waals surface area (Å²) < 4.78 is 0.911. The molecule has 0 saturated heterocycles. The van der Waals surface area contributed by atoms with Crippen LogP contribution in [-0.2, 0) is 11.2 Å². The highest BCUT2D eigenvalue weighted by Crippen LogP contribution is 2.28. The number of thiazole rings is 2. The first-order valence-electron chi connectivity index (χ1n) is 9.08. The summed E-state index contributed by atoms with van der Waals surface area (Å²) in [5.74, 6) is -0.161. The molecule has 0 fully saturated rings. The third-order valence-corrected chi connectivity index (χ3v) is 6.27. The standard InChI is InChI=1S/C20H15Cl2N5O2S2/c21-11-2-1-3-13(8-11)23-18(29)27-19-24-14(10-30-19)5-7-17(28)26-20-25-15-6-4-12(22)9-16(15)31-20/h1-4,6,8-10H,5,7H2,(H,25,26,28)(H2,23,24,27,29). The average molecular weight is 492 g/mol. The van der Waals surface area contributed by atoms with E-state index >= 15 is 0 Å². The fourth-order valence-corrected chi connectivity index (χ4v) is 4.77. The molecule has 7 nitrogen and oxygen atoms in total. The second-order valence-corrected chi connectivity index (χ2v) is 9.17. The Balaban J connectivity index is 1.27. The maximum Gasteiger partial charge on any atom is 0.325 e. The number of benzene rings is 2. The van der Waals surface area contributed by atoms with Crippen LogP contribution >= 0.6 is 45.9 Å². The number of rotatable bonds is 6. The van der Waals surface area contributed by atoms with Crippen LogP contribution in [0.15, 0.2) is 47.8 Å². The van der Waals surface area contributed by atoms with E-state index in [1.807, 2.05) is 17.5 Å². The lowest BCUT2D eigenvalue weighted by atomic mass is 10.2. The molecular weight excluding hydrogens is 477 g/mol. The quantitative estimate of drug-likeness (QED) is 0.295. The molecule has 0 bridgehead atoms. The zero-order chi connectivity index (χ0) is 21.8. The van der Waals surface area contributed by atoms with Crippen LogP contribution in [0.2, 0.25) is 10.0 Å². The molecule has 31 heavy (non-hydrogen) atoms. The number of nitrogens with one attached hydrogen (secondary N) is 3. The number of aromatic nitrogens is 2. The van der Waals surface area contributed by atoms with Gasteiger partial charge in [-0.05, 0) is 42.8 Å². The minimum absolute atomic E-state index is 0.161. The summed E-state index contributed by atoms with van der Waals surface area (Å²) in [7, 11) is 0. The summed E-state index contributed by atoms with van der Waals surface area (Å²) in [4.78, 5) is 33.1. The molecule has 0 spiro atoms. The van der Waals surface area contributed by atoms with Crippen molar-refractivity contribution >= 4 is 84.0 Å². The molecule has 4 rings (SSSR count). The average Bonchev–Trinajstić information content (AvgIpc) is 3.32. The van der Waals surface area contributed by atoms with Crippen LogP contribution in [0.1, 0.15) is 12.1 Å². The van der Waals surface area contributed by atoms with Gasteiger partial charge in [-0.25, -0.2) is 14.8 Å². The Labute approximate surface area is 195 Å². The zero-order valence-corrected chi connectivity index (χ0v) is 19.0. The predicted molar refractivity (Wildman–Crippen MR) is 128 cm³/mol. The molecule has 0 aliphatic rings. The minimum atomic E-state index is -0.420. The Morgan fingerprint density at radius 2 is 1.77 bits per heavy atom. The van der Waals surface area contributed by atoms with Crippen molar-refractivity contribution in [2.75, 3.05) is 16.0 Å². The van der Waals surface area contributed by atoms with Gasteiger partial charge >= 0.3 is 6.03 Å². The number of anilines is 3. The van der Waals surface area contributed by atoms with E-state index in [-0.39, 0.29) is 12.3 Å². The van der Waals surface area contributed by atoms with Gasteiger partial charge in [-0.1, -0.05) is 40.6 Å². The van der Waals surface area contributed by atoms with Gasteiger partial charge < -0.3 is 10.6 Å². The van der Waals surface area contributed by atoms with Gasteiger partial charge in [0.25, 0.3) is 0 Å². The van der Waals surface area contributed by atoms with Crippen molar-refractivity contribution in [3.05, 3.63) is 63.6 Å². The summed E-state index contributed by atoms with van der Waals surface area (Å²) in [6.45, 7) is 0. The molecule has 4 aromatic rings. The van der Waals surface area contributed by atoms with Crippen LogP contribution < -0.4 is 16.0 Å². The van der Waals surface area contributed by atoms with Crippen LogP contribution in [0.5, 0.6) is 0 Å². The Morgan fingerprint density at radius 3 is 2.61 bits per heavy atom. The molecular formula is C20H15Cl2N5O2S2. The molecule has 3 N–H and O–H groups in total. The highest BCUT2D eigenvalue weighted by Gasteiger charge is 2.11. The van der Waals surface area contributed by atoms with Crippen molar-refractivity contribution in [3.63, 3.8) is 0 Å². The SMILES string of the molecule is O=C(CCc1csc(NC(=O)Nc2cccc(Cl)c2)n1)Nc1nc2ccc(Cl)cc2s1. The molecule has 0 aliphatic heterocycles. The molecule has 158 valence electrons. The molecule has 0 atom stereocenters. The monoisotopic (exact) mass is 491 g/mol. The summed E-state index contributed by atoms with van der Waals surface area (Å²) in [6, 6.07) is 11.8. The number of amides is 3. The first kappa shape index (κ1) is 21.5. The van der Waals surface area contributed by atoms with E-state index in [2.05, 4.69) is 25.9 Å². The van der Waals surface area contributed by atoms with E-state index in [0.29, 0.717) is 38.1 Å². The summed E-state index contributed by atoms with van der Waals surface area (Å²) in [6.07, 6.45) is 0.686. The molecule has 0 aliphatic carbocycles. The molecule has 3 amide bonds. The topological polar surface area (TPSA) is 96.0 Å². The van der Waals surface area contributed by atoms with Gasteiger partial charge in [0.15, 0.2) is 10.3 Å². The van der Waals surface area contributed by atoms with E-state index in [9.17, 15) is 9.59 Å². The van der Waals surface area contributed by atoms with Gasteiger partial charge in [0, 0.05) is 27.5 Å². The molecule has 2 aromatic carbocycles. The first-order valence-corrected chi connectivity index (χ1v) is 11.5. The number of hydrogen-bond acceptors (Lipinski definition) is 6. The lowest BCUT2D eigenvalue weighted by Crippen LogP contribution is -2.19. The normalized spacial score (nSPS) is 10.8. The Morgan fingerprint density at radius 1 is 0.935 bits per heavy atom. The second kappa shape index (κ2) is 9.61. The summed E-state index contributed by atoms with van der Waals surface area (Å²) in [5, 5.41) is 12.1. The Hall–Kier alpha value is -2.72. The zero-order valence-electron chi connectivity index (χ0n) is 15.8. The van der Waals surface area contributed by atoms with Crippen LogP contribution in [0.25, 0.3) is 10.2 Å². The van der Waals surface area contributed by atoms with E-state index in [0.717, 1.165) is 10.2 Å². The fourth-order valence-electron chi connectivity index (χ4n) is 2.68. The number of halogens is 2. The van der Waals surface area contributed by atoms with Crippen LogP contribution in [0, 0.1) is 0 Å². The van der Waals surface area contributed by atoms with Gasteiger partial charge in [-0.3, -0.25) is 10.1 Å². The molecule has 0 radical (unpaired) electrons. The van der Waals surface area contributed by atoms with Crippen molar-refractivity contribution in [3.8, 4) is 0 Å². The summed E-state index contributed by atoms with van der Waals surface area (Å²) >= 11 is 14.5. The lowest BCUT2D eigenvalue weighted by Gasteiger charge is -2.05. The van der Waals surface area contributed by atoms with Crippen LogP contribution in [0.3, 0.4) is 0 Å². The number of carbonyl (C=O) groups is 2. The van der Waals surface area contributed by atoms with Gasteiger partial charge in [-0.2, -0.15) is 0 Å². The van der Waals surface area contributed by atoms with Crippen LogP contribution in [0.4, 0.5) is 20.7 Å². The predicted octanol–water partition coefficient (Wildman–Crippen LogP) is 6.27. The molecule has 0 unspecified atom stereocenters. The van der Waals surface area contributed by atoms with E-state index in [4.69, 9.17) is 23.2 Å². The largest absolute Gasteiger partial charge is 0.325 e. The van der Waals surface area contributed by atoms with E-state index in [1.54, 1.807) is 30.3 Å². The maximum atomic E-state index is 12.3. The number of fused-ring (bicyclic) bond motifs is 1. The Bertz CT molecular complexity index is 1260. The fraction of sp³-hybridized carbons (Fsp3) is 0.100. The number of urea groups is 1. The maximum absolute atomic E-state index is 12.3. The lowest BCUT2D eigenvalue weighted by molar-refractivity contribution is -0.116. The van der Waals surface area contributed by atoms with Crippen molar-refractivity contribution < 1.29 is 9.59 Å². The molecule has 0 saturated carbocycles. The number of aryl methyl sites for hydroxylation is 1. The molecule has 2 heterocycles. The molecule has 2 aromatic heterocycles. The van der Waals surface area contributed by atoms with Gasteiger partial charge in [-0.15, -0.1) is 11.3 Å². The highest BCUT2D eigenvalue weighted by atomic mass is 35.5. The number of hydrogen-bond donors (Lipinski definition) is 3. The second-order valence-electron chi connectivity index (χ2n) is 6.41. The molecule has 11 heteroatoms. The van der Waals surface area contributed by atoms with E-state index in [1.165, 1.54) is 22.7 Å². The highest BCUT2D eigenvalue weighted by molar-refractivity contribution is 7.22. The van der Waals surface area contributed by atoms with Crippen molar-refractivity contribution in [1.82, 2.24) is 9.97 Å². The van der Waals surface area contributed by atoms with Crippen molar-refractivity contribution in [2.45, 2.75) is 12.8 Å².